The SMILES string of the molecule is CCC(CCC(C)C)(OOC(C)(C)CC(C)C)C(=O)O. The molecule has 0 saturated carbocycles. The Kier molecular flexibility index (Phi) is 7.74. The first-order valence-electron chi connectivity index (χ1n) is 7.65. The normalized spacial score (nSPS) is 15.7. The van der Waals surface area contributed by atoms with Gasteiger partial charge in [-0.05, 0) is 51.4 Å². The third-order valence-electron chi connectivity index (χ3n) is 3.41. The van der Waals surface area contributed by atoms with Crippen LogP contribution in [0, 0.1) is 11.8 Å². The van der Waals surface area contributed by atoms with Crippen molar-refractivity contribution >= 4 is 5.97 Å². The molecule has 0 aromatic heterocycles. The highest BCUT2D eigenvalue weighted by Crippen LogP contribution is 2.29. The summed E-state index contributed by atoms with van der Waals surface area (Å²) in [6.45, 7) is 14.0. The van der Waals surface area contributed by atoms with Crippen molar-refractivity contribution in [3.8, 4) is 0 Å². The first-order chi connectivity index (χ1) is 9.04. The zero-order chi connectivity index (χ0) is 16.0. The maximum absolute atomic E-state index is 11.6. The van der Waals surface area contributed by atoms with E-state index in [2.05, 4.69) is 27.7 Å². The molecule has 0 amide bonds. The van der Waals surface area contributed by atoms with E-state index in [1.54, 1.807) is 0 Å². The molecule has 1 N–H and O–H groups in total. The standard InChI is InChI=1S/C16H32O4/c1-8-16(14(17)18,10-9-12(2)3)20-19-15(6,7)11-13(4)5/h12-13H,8-11H2,1-7H3,(H,17,18). The van der Waals surface area contributed by atoms with Crippen molar-refractivity contribution in [2.45, 2.75) is 85.4 Å². The monoisotopic (exact) mass is 288 g/mol. The Hall–Kier alpha value is -0.610. The summed E-state index contributed by atoms with van der Waals surface area (Å²) >= 11 is 0. The topological polar surface area (TPSA) is 55.8 Å². The van der Waals surface area contributed by atoms with Crippen molar-refractivity contribution in [2.24, 2.45) is 11.8 Å². The van der Waals surface area contributed by atoms with Gasteiger partial charge in [0.2, 0.25) is 0 Å². The summed E-state index contributed by atoms with van der Waals surface area (Å²) < 4.78 is 0. The number of aliphatic carboxylic acids is 1. The van der Waals surface area contributed by atoms with Crippen molar-refractivity contribution in [2.75, 3.05) is 0 Å². The van der Waals surface area contributed by atoms with Gasteiger partial charge in [0, 0.05) is 0 Å². The Morgan fingerprint density at radius 3 is 2.00 bits per heavy atom. The van der Waals surface area contributed by atoms with E-state index in [9.17, 15) is 9.90 Å². The van der Waals surface area contributed by atoms with Crippen LogP contribution in [-0.4, -0.2) is 22.3 Å². The van der Waals surface area contributed by atoms with E-state index >= 15 is 0 Å². The van der Waals surface area contributed by atoms with Crippen LogP contribution >= 0.6 is 0 Å². The zero-order valence-electron chi connectivity index (χ0n) is 14.2. The third-order valence-corrected chi connectivity index (χ3v) is 3.41. The molecule has 4 heteroatoms. The molecule has 0 spiro atoms. The lowest BCUT2D eigenvalue weighted by molar-refractivity contribution is -0.404. The maximum Gasteiger partial charge on any atom is 0.339 e. The molecule has 4 nitrogen and oxygen atoms in total. The van der Waals surface area contributed by atoms with E-state index in [0.717, 1.165) is 12.8 Å². The molecule has 0 aliphatic rings. The molecule has 1 atom stereocenters. The minimum Gasteiger partial charge on any atom is -0.479 e. The van der Waals surface area contributed by atoms with Gasteiger partial charge in [0.15, 0.2) is 5.60 Å². The lowest BCUT2D eigenvalue weighted by atomic mass is 9.91. The summed E-state index contributed by atoms with van der Waals surface area (Å²) in [6, 6.07) is 0. The first kappa shape index (κ1) is 19.4. The highest BCUT2D eigenvalue weighted by Gasteiger charge is 2.41. The van der Waals surface area contributed by atoms with Crippen LogP contribution in [0.4, 0.5) is 0 Å². The van der Waals surface area contributed by atoms with Crippen molar-refractivity contribution in [1.29, 1.82) is 0 Å². The largest absolute Gasteiger partial charge is 0.479 e. The molecule has 0 saturated heterocycles. The van der Waals surface area contributed by atoms with Gasteiger partial charge in [-0.15, -0.1) is 0 Å². The molecule has 0 bridgehead atoms. The van der Waals surface area contributed by atoms with Crippen LogP contribution in [0.2, 0.25) is 0 Å². The quantitative estimate of drug-likeness (QED) is 0.477. The molecule has 0 radical (unpaired) electrons. The highest BCUT2D eigenvalue weighted by atomic mass is 17.2. The average Bonchev–Trinajstić information content (AvgIpc) is 2.27. The molecular formula is C16H32O4. The molecule has 0 fully saturated rings. The second-order valence-electron chi connectivity index (χ2n) is 7.11. The molecule has 0 rings (SSSR count). The fourth-order valence-electron chi connectivity index (χ4n) is 2.30. The average molecular weight is 288 g/mol. The van der Waals surface area contributed by atoms with Crippen LogP contribution in [-0.2, 0) is 14.6 Å². The summed E-state index contributed by atoms with van der Waals surface area (Å²) in [6.07, 6.45) is 2.48. The maximum atomic E-state index is 11.6. The highest BCUT2D eigenvalue weighted by molar-refractivity contribution is 5.77. The Bertz CT molecular complexity index is 297. The predicted molar refractivity (Wildman–Crippen MR) is 80.4 cm³/mol. The number of carboxylic acids is 1. The van der Waals surface area contributed by atoms with Gasteiger partial charge in [0.1, 0.15) is 0 Å². The van der Waals surface area contributed by atoms with Crippen LogP contribution in [0.1, 0.15) is 74.1 Å². The smallest absolute Gasteiger partial charge is 0.339 e. The first-order valence-corrected chi connectivity index (χ1v) is 7.65. The van der Waals surface area contributed by atoms with Gasteiger partial charge in [0.05, 0.1) is 5.60 Å². The van der Waals surface area contributed by atoms with Crippen LogP contribution in [0.5, 0.6) is 0 Å². The Morgan fingerprint density at radius 2 is 1.65 bits per heavy atom. The molecule has 0 aliphatic carbocycles. The van der Waals surface area contributed by atoms with Crippen molar-refractivity contribution in [3.05, 3.63) is 0 Å². The van der Waals surface area contributed by atoms with Crippen molar-refractivity contribution in [1.82, 2.24) is 0 Å². The van der Waals surface area contributed by atoms with E-state index < -0.39 is 17.2 Å². The van der Waals surface area contributed by atoms with E-state index in [4.69, 9.17) is 9.78 Å². The second-order valence-corrected chi connectivity index (χ2v) is 7.11. The third kappa shape index (κ3) is 6.71. The van der Waals surface area contributed by atoms with E-state index in [-0.39, 0.29) is 0 Å². The molecule has 1 unspecified atom stereocenters. The van der Waals surface area contributed by atoms with E-state index in [1.807, 2.05) is 20.8 Å². The molecular weight excluding hydrogens is 256 g/mol. The second kappa shape index (κ2) is 7.99. The van der Waals surface area contributed by atoms with Gasteiger partial charge < -0.3 is 5.11 Å². The summed E-state index contributed by atoms with van der Waals surface area (Å²) in [4.78, 5) is 22.6. The molecule has 120 valence electrons. The van der Waals surface area contributed by atoms with Crippen LogP contribution in [0.15, 0.2) is 0 Å². The molecule has 0 aromatic carbocycles. The number of carboxylic acid groups (broad SMARTS) is 1. The number of hydrogen-bond donors (Lipinski definition) is 1. The van der Waals surface area contributed by atoms with Gasteiger partial charge >= 0.3 is 5.97 Å². The summed E-state index contributed by atoms with van der Waals surface area (Å²) in [5, 5.41) is 9.51. The number of carbonyl (C=O) groups is 1. The lowest BCUT2D eigenvalue weighted by Gasteiger charge is -2.33. The Labute approximate surface area is 123 Å². The van der Waals surface area contributed by atoms with Gasteiger partial charge in [-0.1, -0.05) is 34.6 Å². The fraction of sp³-hybridized carbons (Fsp3) is 0.938. The van der Waals surface area contributed by atoms with Gasteiger partial charge in [-0.2, -0.15) is 0 Å². The van der Waals surface area contributed by atoms with Crippen LogP contribution < -0.4 is 0 Å². The predicted octanol–water partition coefficient (Wildman–Crippen LogP) is 4.43. The van der Waals surface area contributed by atoms with Gasteiger partial charge in [0.25, 0.3) is 0 Å². The van der Waals surface area contributed by atoms with Crippen molar-refractivity contribution in [3.63, 3.8) is 0 Å². The zero-order valence-corrected chi connectivity index (χ0v) is 14.2. The summed E-state index contributed by atoms with van der Waals surface area (Å²) in [5.74, 6) is -0.0429. The summed E-state index contributed by atoms with van der Waals surface area (Å²) in [7, 11) is 0. The minimum atomic E-state index is -1.24. The van der Waals surface area contributed by atoms with E-state index in [0.29, 0.717) is 24.7 Å². The van der Waals surface area contributed by atoms with Gasteiger partial charge in [-0.25, -0.2) is 14.6 Å². The van der Waals surface area contributed by atoms with Crippen molar-refractivity contribution < 1.29 is 19.7 Å². The van der Waals surface area contributed by atoms with Crippen LogP contribution in [0.25, 0.3) is 0 Å². The Morgan fingerprint density at radius 1 is 1.10 bits per heavy atom. The Balaban J connectivity index is 4.77. The minimum absolute atomic E-state index is 0.396. The van der Waals surface area contributed by atoms with Gasteiger partial charge in [-0.3, -0.25) is 0 Å². The molecule has 0 aliphatic heterocycles. The summed E-state index contributed by atoms with van der Waals surface area (Å²) in [5.41, 5.74) is -1.72. The number of rotatable bonds is 10. The lowest BCUT2D eigenvalue weighted by Crippen LogP contribution is -2.44. The van der Waals surface area contributed by atoms with Crippen LogP contribution in [0.3, 0.4) is 0 Å². The molecule has 20 heavy (non-hydrogen) atoms. The molecule has 0 heterocycles. The van der Waals surface area contributed by atoms with E-state index in [1.165, 1.54) is 0 Å². The fourth-order valence-corrected chi connectivity index (χ4v) is 2.30. The number of hydrogen-bond acceptors (Lipinski definition) is 3. The molecule has 0 aromatic rings.